The van der Waals surface area contributed by atoms with E-state index in [4.69, 9.17) is 10.5 Å². The van der Waals surface area contributed by atoms with Gasteiger partial charge in [-0.25, -0.2) is 24.3 Å². The fraction of sp³-hybridized carbons (Fsp3) is 0.292. The standard InChI is InChI=1S/C24H25FN6O2/c1-14(2)23(32)31-10-7-16(8-11-31)21-20(22(26)29-13-28-21)17-4-5-19(18(25)12-17)33-24-27-9-6-15(3)30-24/h4-6,9,12-13,16H,1,7-8,10-11H2,2-3H3,(H2,26,28,29). The average Bonchev–Trinajstić information content (AvgIpc) is 2.80. The van der Waals surface area contributed by atoms with Gasteiger partial charge in [0.05, 0.1) is 5.69 Å². The minimum absolute atomic E-state index is 0.00735. The monoisotopic (exact) mass is 448 g/mol. The van der Waals surface area contributed by atoms with Gasteiger partial charge < -0.3 is 15.4 Å². The molecule has 0 radical (unpaired) electrons. The lowest BCUT2D eigenvalue weighted by molar-refractivity contribution is -0.128. The van der Waals surface area contributed by atoms with Gasteiger partial charge in [-0.2, -0.15) is 0 Å². The molecule has 9 heteroatoms. The summed E-state index contributed by atoms with van der Waals surface area (Å²) in [5.74, 6) is -0.262. The number of benzene rings is 1. The van der Waals surface area contributed by atoms with E-state index < -0.39 is 5.82 Å². The number of amides is 1. The molecule has 1 aromatic carbocycles. The second-order valence-electron chi connectivity index (χ2n) is 8.09. The molecule has 1 saturated heterocycles. The van der Waals surface area contributed by atoms with Crippen LogP contribution in [0.3, 0.4) is 0 Å². The maximum absolute atomic E-state index is 14.9. The largest absolute Gasteiger partial charge is 0.421 e. The molecule has 0 spiro atoms. The van der Waals surface area contributed by atoms with Crippen molar-refractivity contribution in [3.8, 4) is 22.9 Å². The molecule has 0 bridgehead atoms. The van der Waals surface area contributed by atoms with Gasteiger partial charge in [-0.3, -0.25) is 4.79 Å². The molecule has 3 heterocycles. The number of carbonyl (C=O) groups excluding carboxylic acids is 1. The zero-order chi connectivity index (χ0) is 23.5. The molecular weight excluding hydrogens is 423 g/mol. The van der Waals surface area contributed by atoms with Crippen LogP contribution >= 0.6 is 0 Å². The molecule has 0 saturated carbocycles. The number of aromatic nitrogens is 4. The van der Waals surface area contributed by atoms with Crippen LogP contribution in [-0.4, -0.2) is 43.8 Å². The smallest absolute Gasteiger partial charge is 0.322 e. The van der Waals surface area contributed by atoms with Crippen LogP contribution in [0.1, 0.15) is 37.1 Å². The number of anilines is 1. The Morgan fingerprint density at radius 3 is 2.64 bits per heavy atom. The van der Waals surface area contributed by atoms with Gasteiger partial charge in [-0.1, -0.05) is 12.6 Å². The Balaban J connectivity index is 1.59. The molecule has 1 fully saturated rings. The second-order valence-corrected chi connectivity index (χ2v) is 8.09. The van der Waals surface area contributed by atoms with Crippen molar-refractivity contribution < 1.29 is 13.9 Å². The van der Waals surface area contributed by atoms with Crippen molar-refractivity contribution in [2.75, 3.05) is 18.8 Å². The number of ether oxygens (including phenoxy) is 1. The molecular formula is C24H25FN6O2. The number of nitrogen functional groups attached to an aromatic ring is 1. The molecule has 1 amide bonds. The highest BCUT2D eigenvalue weighted by atomic mass is 19.1. The molecule has 2 N–H and O–H groups in total. The van der Waals surface area contributed by atoms with Gasteiger partial charge >= 0.3 is 6.01 Å². The van der Waals surface area contributed by atoms with Crippen LogP contribution in [0.5, 0.6) is 11.8 Å². The van der Waals surface area contributed by atoms with Crippen molar-refractivity contribution in [3.05, 3.63) is 66.1 Å². The summed E-state index contributed by atoms with van der Waals surface area (Å²) in [5, 5.41) is 0. The predicted octanol–water partition coefficient (Wildman–Crippen LogP) is 4.04. The van der Waals surface area contributed by atoms with Crippen LogP contribution in [0, 0.1) is 12.7 Å². The molecule has 1 aliphatic heterocycles. The highest BCUT2D eigenvalue weighted by Gasteiger charge is 2.28. The van der Waals surface area contributed by atoms with Crippen molar-refractivity contribution in [2.45, 2.75) is 32.6 Å². The van der Waals surface area contributed by atoms with Crippen molar-refractivity contribution in [2.24, 2.45) is 0 Å². The molecule has 8 nitrogen and oxygen atoms in total. The van der Waals surface area contributed by atoms with Gasteiger partial charge in [0.2, 0.25) is 5.91 Å². The summed E-state index contributed by atoms with van der Waals surface area (Å²) in [6, 6.07) is 6.38. The number of likely N-dealkylation sites (tertiary alicyclic amines) is 1. The van der Waals surface area contributed by atoms with E-state index in [1.165, 1.54) is 18.5 Å². The Bertz CT molecular complexity index is 1210. The Morgan fingerprint density at radius 1 is 1.21 bits per heavy atom. The zero-order valence-electron chi connectivity index (χ0n) is 18.6. The van der Waals surface area contributed by atoms with E-state index in [2.05, 4.69) is 26.5 Å². The first kappa shape index (κ1) is 22.3. The van der Waals surface area contributed by atoms with Crippen LogP contribution in [-0.2, 0) is 4.79 Å². The number of piperidine rings is 1. The second kappa shape index (κ2) is 9.32. The van der Waals surface area contributed by atoms with E-state index in [1.807, 2.05) is 0 Å². The van der Waals surface area contributed by atoms with Crippen LogP contribution in [0.15, 0.2) is 48.9 Å². The number of rotatable bonds is 5. The Labute approximate surface area is 191 Å². The van der Waals surface area contributed by atoms with Crippen molar-refractivity contribution in [1.82, 2.24) is 24.8 Å². The summed E-state index contributed by atoms with van der Waals surface area (Å²) < 4.78 is 20.4. The number of nitrogens with two attached hydrogens (primary N) is 1. The van der Waals surface area contributed by atoms with Gasteiger partial charge in [0, 0.05) is 42.0 Å². The first-order valence-electron chi connectivity index (χ1n) is 10.7. The quantitative estimate of drug-likeness (QED) is 0.587. The van der Waals surface area contributed by atoms with E-state index in [9.17, 15) is 9.18 Å². The maximum atomic E-state index is 14.9. The van der Waals surface area contributed by atoms with Crippen LogP contribution in [0.25, 0.3) is 11.1 Å². The van der Waals surface area contributed by atoms with Gasteiger partial charge in [-0.15, -0.1) is 0 Å². The summed E-state index contributed by atoms with van der Waals surface area (Å²) in [4.78, 5) is 30.8. The van der Waals surface area contributed by atoms with Gasteiger partial charge in [-0.05, 0) is 50.5 Å². The summed E-state index contributed by atoms with van der Waals surface area (Å²) >= 11 is 0. The minimum atomic E-state index is -0.575. The Morgan fingerprint density at radius 2 is 1.97 bits per heavy atom. The zero-order valence-corrected chi connectivity index (χ0v) is 18.6. The molecule has 0 atom stereocenters. The van der Waals surface area contributed by atoms with E-state index >= 15 is 0 Å². The highest BCUT2D eigenvalue weighted by Crippen LogP contribution is 2.38. The topological polar surface area (TPSA) is 107 Å². The van der Waals surface area contributed by atoms with Crippen LogP contribution in [0.4, 0.5) is 10.2 Å². The summed E-state index contributed by atoms with van der Waals surface area (Å²) in [6.07, 6.45) is 4.41. The van der Waals surface area contributed by atoms with Crippen LogP contribution < -0.4 is 10.5 Å². The molecule has 0 aliphatic carbocycles. The lowest BCUT2D eigenvalue weighted by Gasteiger charge is -2.32. The third-order valence-corrected chi connectivity index (χ3v) is 5.63. The van der Waals surface area contributed by atoms with E-state index in [-0.39, 0.29) is 29.4 Å². The van der Waals surface area contributed by atoms with Gasteiger partial charge in [0.25, 0.3) is 0 Å². The Hall–Kier alpha value is -3.88. The molecule has 2 aromatic heterocycles. The number of carbonyl (C=O) groups is 1. The van der Waals surface area contributed by atoms with Crippen molar-refractivity contribution in [3.63, 3.8) is 0 Å². The van der Waals surface area contributed by atoms with E-state index in [0.717, 1.165) is 18.5 Å². The number of aryl methyl sites for hydroxylation is 1. The number of nitrogens with zero attached hydrogens (tertiary/aromatic N) is 5. The molecule has 0 unspecified atom stereocenters. The first-order valence-corrected chi connectivity index (χ1v) is 10.7. The van der Waals surface area contributed by atoms with E-state index in [0.29, 0.717) is 35.5 Å². The molecule has 1 aliphatic rings. The van der Waals surface area contributed by atoms with Crippen molar-refractivity contribution in [1.29, 1.82) is 0 Å². The Kier molecular flexibility index (Phi) is 6.30. The summed E-state index contributed by atoms with van der Waals surface area (Å²) in [5.41, 5.74) is 9.34. The predicted molar refractivity (Wildman–Crippen MR) is 122 cm³/mol. The minimum Gasteiger partial charge on any atom is -0.421 e. The summed E-state index contributed by atoms with van der Waals surface area (Å²) in [6.45, 7) is 8.44. The molecule has 4 rings (SSSR count). The normalized spacial score (nSPS) is 14.2. The number of hydrogen-bond acceptors (Lipinski definition) is 7. The van der Waals surface area contributed by atoms with Gasteiger partial charge in [0.1, 0.15) is 12.1 Å². The third-order valence-electron chi connectivity index (χ3n) is 5.63. The lowest BCUT2D eigenvalue weighted by atomic mass is 9.88. The fourth-order valence-electron chi connectivity index (χ4n) is 3.96. The van der Waals surface area contributed by atoms with Gasteiger partial charge in [0.15, 0.2) is 11.6 Å². The van der Waals surface area contributed by atoms with E-state index in [1.54, 1.807) is 37.1 Å². The highest BCUT2D eigenvalue weighted by molar-refractivity contribution is 5.92. The fourth-order valence-corrected chi connectivity index (χ4v) is 3.96. The van der Waals surface area contributed by atoms with Crippen LogP contribution in [0.2, 0.25) is 0 Å². The number of hydrogen-bond donors (Lipinski definition) is 1. The third kappa shape index (κ3) is 4.82. The first-order chi connectivity index (χ1) is 15.8. The molecule has 33 heavy (non-hydrogen) atoms. The molecule has 170 valence electrons. The van der Waals surface area contributed by atoms with Crippen molar-refractivity contribution >= 4 is 11.7 Å². The molecule has 3 aromatic rings. The maximum Gasteiger partial charge on any atom is 0.322 e. The number of halogens is 1. The average molecular weight is 449 g/mol. The summed E-state index contributed by atoms with van der Waals surface area (Å²) in [7, 11) is 0. The lowest BCUT2D eigenvalue weighted by Crippen LogP contribution is -2.38. The SMILES string of the molecule is C=C(C)C(=O)N1CCC(c2ncnc(N)c2-c2ccc(Oc3nccc(C)n3)c(F)c2)CC1.